The highest BCUT2D eigenvalue weighted by atomic mass is 16.2. The molecule has 0 bridgehead atoms. The van der Waals surface area contributed by atoms with Crippen LogP contribution in [0.2, 0.25) is 0 Å². The Labute approximate surface area is 129 Å². The molecule has 0 saturated carbocycles. The molecule has 4 amide bonds. The van der Waals surface area contributed by atoms with Crippen molar-refractivity contribution in [2.45, 2.75) is 32.7 Å². The van der Waals surface area contributed by atoms with Crippen molar-refractivity contribution in [3.8, 4) is 0 Å². The summed E-state index contributed by atoms with van der Waals surface area (Å²) in [7, 11) is 0. The van der Waals surface area contributed by atoms with Crippen molar-refractivity contribution in [2.24, 2.45) is 0 Å². The van der Waals surface area contributed by atoms with Crippen molar-refractivity contribution in [2.75, 3.05) is 13.1 Å². The number of benzene rings is 1. The second-order valence-electron chi connectivity index (χ2n) is 5.66. The lowest BCUT2D eigenvalue weighted by Gasteiger charge is -2.22. The van der Waals surface area contributed by atoms with Crippen molar-refractivity contribution in [1.29, 1.82) is 0 Å². The maximum absolute atomic E-state index is 12.6. The molecule has 1 heterocycles. The summed E-state index contributed by atoms with van der Waals surface area (Å²) in [6, 6.07) is 6.86. The molecule has 1 fully saturated rings. The Bertz CT molecular complexity index is 597. The van der Waals surface area contributed by atoms with Gasteiger partial charge in [-0.3, -0.25) is 14.5 Å². The first kappa shape index (κ1) is 16.0. The van der Waals surface area contributed by atoms with Crippen LogP contribution in [0, 0.1) is 6.92 Å². The van der Waals surface area contributed by atoms with Crippen molar-refractivity contribution < 1.29 is 14.4 Å². The molecule has 2 rings (SSSR count). The SMILES string of the molecule is CCCNC(=O)CN1C(=O)N[C@](C)(c2ccc(C)cc2)C1=O. The number of nitrogens with zero attached hydrogens (tertiary/aromatic N) is 1. The maximum Gasteiger partial charge on any atom is 0.325 e. The third kappa shape index (κ3) is 2.95. The van der Waals surface area contributed by atoms with E-state index in [-0.39, 0.29) is 12.5 Å². The molecule has 1 atom stereocenters. The lowest BCUT2D eigenvalue weighted by molar-refractivity contribution is -0.134. The number of aryl methyl sites for hydroxylation is 1. The van der Waals surface area contributed by atoms with E-state index in [1.165, 1.54) is 0 Å². The fraction of sp³-hybridized carbons (Fsp3) is 0.438. The molecule has 6 heteroatoms. The Morgan fingerprint density at radius 1 is 1.27 bits per heavy atom. The van der Waals surface area contributed by atoms with Gasteiger partial charge in [-0.05, 0) is 25.8 Å². The number of rotatable bonds is 5. The molecule has 0 aliphatic carbocycles. The van der Waals surface area contributed by atoms with E-state index in [1.807, 2.05) is 38.1 Å². The summed E-state index contributed by atoms with van der Waals surface area (Å²) < 4.78 is 0. The number of carbonyl (C=O) groups is 3. The van der Waals surface area contributed by atoms with E-state index in [2.05, 4.69) is 10.6 Å². The van der Waals surface area contributed by atoms with Crippen molar-refractivity contribution in [3.05, 3.63) is 35.4 Å². The van der Waals surface area contributed by atoms with Gasteiger partial charge >= 0.3 is 6.03 Å². The third-order valence-electron chi connectivity index (χ3n) is 3.78. The summed E-state index contributed by atoms with van der Waals surface area (Å²) in [5, 5.41) is 5.35. The normalized spacial score (nSPS) is 21.0. The monoisotopic (exact) mass is 303 g/mol. The molecule has 0 radical (unpaired) electrons. The molecular formula is C16H21N3O3. The Morgan fingerprint density at radius 2 is 1.91 bits per heavy atom. The predicted octanol–water partition coefficient (Wildman–Crippen LogP) is 1.29. The van der Waals surface area contributed by atoms with Crippen LogP contribution in [-0.2, 0) is 15.1 Å². The first-order chi connectivity index (χ1) is 10.4. The van der Waals surface area contributed by atoms with E-state index >= 15 is 0 Å². The average Bonchev–Trinajstić information content (AvgIpc) is 2.70. The van der Waals surface area contributed by atoms with Crippen molar-refractivity contribution in [3.63, 3.8) is 0 Å². The first-order valence-corrected chi connectivity index (χ1v) is 7.36. The smallest absolute Gasteiger partial charge is 0.325 e. The molecule has 0 spiro atoms. The van der Waals surface area contributed by atoms with Gasteiger partial charge in [0.15, 0.2) is 0 Å². The second-order valence-corrected chi connectivity index (χ2v) is 5.66. The molecule has 1 aromatic rings. The molecule has 6 nitrogen and oxygen atoms in total. The molecule has 1 aliphatic heterocycles. The molecule has 1 saturated heterocycles. The van der Waals surface area contributed by atoms with Crippen molar-refractivity contribution >= 4 is 17.8 Å². The van der Waals surface area contributed by atoms with Gasteiger partial charge in [-0.2, -0.15) is 0 Å². The van der Waals surface area contributed by atoms with Crippen LogP contribution in [-0.4, -0.2) is 35.8 Å². The summed E-state index contributed by atoms with van der Waals surface area (Å²) in [6.07, 6.45) is 0.799. The highest BCUT2D eigenvalue weighted by Crippen LogP contribution is 2.28. The second kappa shape index (κ2) is 6.17. The zero-order valence-electron chi connectivity index (χ0n) is 13.1. The molecule has 0 aromatic heterocycles. The lowest BCUT2D eigenvalue weighted by atomic mass is 9.91. The van der Waals surface area contributed by atoms with Crippen LogP contribution >= 0.6 is 0 Å². The highest BCUT2D eigenvalue weighted by molar-refractivity contribution is 6.09. The molecule has 1 aromatic carbocycles. The van der Waals surface area contributed by atoms with Gasteiger partial charge in [0, 0.05) is 6.54 Å². The van der Waals surface area contributed by atoms with Crippen LogP contribution in [0.3, 0.4) is 0 Å². The van der Waals surface area contributed by atoms with Crippen LogP contribution in [0.15, 0.2) is 24.3 Å². The topological polar surface area (TPSA) is 78.5 Å². The quantitative estimate of drug-likeness (QED) is 0.805. The largest absolute Gasteiger partial charge is 0.355 e. The summed E-state index contributed by atoms with van der Waals surface area (Å²) >= 11 is 0. The maximum atomic E-state index is 12.6. The molecule has 0 unspecified atom stereocenters. The van der Waals surface area contributed by atoms with E-state index in [1.54, 1.807) is 6.92 Å². The minimum atomic E-state index is -1.13. The van der Waals surface area contributed by atoms with Gasteiger partial charge < -0.3 is 10.6 Å². The molecular weight excluding hydrogens is 282 g/mol. The number of hydrogen-bond donors (Lipinski definition) is 2. The van der Waals surface area contributed by atoms with Gasteiger partial charge in [0.25, 0.3) is 5.91 Å². The Balaban J connectivity index is 2.17. The first-order valence-electron chi connectivity index (χ1n) is 7.36. The fourth-order valence-electron chi connectivity index (χ4n) is 2.39. The minimum Gasteiger partial charge on any atom is -0.355 e. The van der Waals surface area contributed by atoms with Crippen LogP contribution in [0.1, 0.15) is 31.4 Å². The standard InChI is InChI=1S/C16H21N3O3/c1-4-9-17-13(20)10-19-14(21)16(3,18-15(19)22)12-7-5-11(2)6-8-12/h5-8H,4,9-10H2,1-3H3,(H,17,20)(H,18,22)/t16-/m1/s1. The summed E-state index contributed by atoms with van der Waals surface area (Å²) in [5.41, 5.74) is 0.642. The minimum absolute atomic E-state index is 0.258. The van der Waals surface area contributed by atoms with Gasteiger partial charge in [0.2, 0.25) is 5.91 Å². The number of imide groups is 1. The van der Waals surface area contributed by atoms with E-state index in [0.29, 0.717) is 12.1 Å². The number of urea groups is 1. The van der Waals surface area contributed by atoms with Gasteiger partial charge in [-0.1, -0.05) is 36.8 Å². The number of amides is 4. The van der Waals surface area contributed by atoms with Gasteiger partial charge in [-0.15, -0.1) is 0 Å². The zero-order valence-corrected chi connectivity index (χ0v) is 13.1. The zero-order chi connectivity index (χ0) is 16.3. The van der Waals surface area contributed by atoms with E-state index in [0.717, 1.165) is 16.9 Å². The third-order valence-corrected chi connectivity index (χ3v) is 3.78. The Kier molecular flexibility index (Phi) is 4.49. The predicted molar refractivity (Wildman–Crippen MR) is 82.1 cm³/mol. The number of hydrogen-bond acceptors (Lipinski definition) is 3. The molecule has 2 N–H and O–H groups in total. The van der Waals surface area contributed by atoms with Gasteiger partial charge in [0.1, 0.15) is 12.1 Å². The number of carbonyl (C=O) groups excluding carboxylic acids is 3. The number of nitrogens with one attached hydrogen (secondary N) is 2. The fourth-order valence-corrected chi connectivity index (χ4v) is 2.39. The van der Waals surface area contributed by atoms with E-state index in [9.17, 15) is 14.4 Å². The average molecular weight is 303 g/mol. The molecule has 1 aliphatic rings. The molecule has 22 heavy (non-hydrogen) atoms. The lowest BCUT2D eigenvalue weighted by Crippen LogP contribution is -2.43. The van der Waals surface area contributed by atoms with Crippen molar-refractivity contribution in [1.82, 2.24) is 15.5 Å². The summed E-state index contributed by atoms with van der Waals surface area (Å²) in [6.45, 7) is 5.81. The molecule has 118 valence electrons. The van der Waals surface area contributed by atoms with Crippen LogP contribution in [0.25, 0.3) is 0 Å². The highest BCUT2D eigenvalue weighted by Gasteiger charge is 2.49. The van der Waals surface area contributed by atoms with Crippen LogP contribution < -0.4 is 10.6 Å². The Hall–Kier alpha value is -2.37. The Morgan fingerprint density at radius 3 is 2.50 bits per heavy atom. The summed E-state index contributed by atoms with van der Waals surface area (Å²) in [4.78, 5) is 37.4. The van der Waals surface area contributed by atoms with Gasteiger partial charge in [-0.25, -0.2) is 4.79 Å². The van der Waals surface area contributed by atoms with Crippen LogP contribution in [0.4, 0.5) is 4.79 Å². The van der Waals surface area contributed by atoms with Crippen LogP contribution in [0.5, 0.6) is 0 Å². The van der Waals surface area contributed by atoms with E-state index < -0.39 is 17.5 Å². The summed E-state index contributed by atoms with van der Waals surface area (Å²) in [5.74, 6) is -0.744. The van der Waals surface area contributed by atoms with Gasteiger partial charge in [0.05, 0.1) is 0 Å². The van der Waals surface area contributed by atoms with E-state index in [4.69, 9.17) is 0 Å².